The van der Waals surface area contributed by atoms with Crippen LogP contribution in [0.3, 0.4) is 0 Å². The van der Waals surface area contributed by atoms with Crippen molar-refractivity contribution < 1.29 is 24.3 Å². The average Bonchev–Trinajstić information content (AvgIpc) is 2.98. The number of urea groups is 1. The van der Waals surface area contributed by atoms with Crippen LogP contribution in [0.1, 0.15) is 43.0 Å². The summed E-state index contributed by atoms with van der Waals surface area (Å²) in [6, 6.07) is 13.1. The molecule has 2 aromatic carbocycles. The monoisotopic (exact) mass is 473 g/mol. The summed E-state index contributed by atoms with van der Waals surface area (Å²) in [6.07, 6.45) is 0.936. The highest BCUT2D eigenvalue weighted by Gasteiger charge is 2.53. The maximum absolute atomic E-state index is 13.5. The Hall–Kier alpha value is -3.92. The van der Waals surface area contributed by atoms with Crippen LogP contribution in [-0.2, 0) is 19.9 Å². The second-order valence-corrected chi connectivity index (χ2v) is 7.46. The van der Waals surface area contributed by atoms with Gasteiger partial charge in [0.1, 0.15) is 5.54 Å². The Balaban J connectivity index is 0.00000385. The van der Waals surface area contributed by atoms with E-state index in [1.807, 2.05) is 0 Å². The normalized spacial score (nSPS) is 18.5. The van der Waals surface area contributed by atoms with Gasteiger partial charge in [0.2, 0.25) is 5.91 Å². The lowest BCUT2D eigenvalue weighted by molar-refractivity contribution is -0.162. The molecule has 1 saturated heterocycles. The van der Waals surface area contributed by atoms with Gasteiger partial charge in [-0.2, -0.15) is 10.1 Å². The van der Waals surface area contributed by atoms with Crippen molar-refractivity contribution in [2.45, 2.75) is 31.8 Å². The van der Waals surface area contributed by atoms with Gasteiger partial charge in [-0.05, 0) is 23.6 Å². The highest BCUT2D eigenvalue weighted by atomic mass is 35.5. The number of amides is 4. The molecule has 1 fully saturated rings. The third-order valence-corrected chi connectivity index (χ3v) is 5.27. The number of carbonyl (C=O) groups excluding carboxylic acids is 3. The van der Waals surface area contributed by atoms with Crippen LogP contribution in [-0.4, -0.2) is 45.2 Å². The molecular weight excluding hydrogens is 450 g/mol. The lowest BCUT2D eigenvalue weighted by atomic mass is 9.91. The molecule has 1 aliphatic rings. The summed E-state index contributed by atoms with van der Waals surface area (Å²) < 4.78 is 0. The number of hydrogen-bond acceptors (Lipinski definition) is 6. The second kappa shape index (κ2) is 10.1. The van der Waals surface area contributed by atoms with Crippen LogP contribution >= 0.6 is 12.4 Å². The summed E-state index contributed by atoms with van der Waals surface area (Å²) in [7, 11) is 0. The number of imide groups is 1. The third-order valence-electron chi connectivity index (χ3n) is 5.27. The highest BCUT2D eigenvalue weighted by Crippen LogP contribution is 2.34. The molecule has 33 heavy (non-hydrogen) atoms. The van der Waals surface area contributed by atoms with Crippen LogP contribution in [0.25, 0.3) is 0 Å². The van der Waals surface area contributed by atoms with Gasteiger partial charge in [0, 0.05) is 6.92 Å². The molecule has 0 saturated carbocycles. The number of halogens is 1. The number of carboxylic acid groups (broad SMARTS) is 1. The van der Waals surface area contributed by atoms with Gasteiger partial charge in [-0.1, -0.05) is 54.6 Å². The van der Waals surface area contributed by atoms with E-state index in [-0.39, 0.29) is 12.4 Å². The van der Waals surface area contributed by atoms with Crippen molar-refractivity contribution in [3.05, 3.63) is 71.3 Å². The number of nitrogens with one attached hydrogen (secondary N) is 1. The van der Waals surface area contributed by atoms with Gasteiger partial charge in [0.25, 0.3) is 5.91 Å². The molecule has 0 aromatic heterocycles. The van der Waals surface area contributed by atoms with Crippen LogP contribution in [0.2, 0.25) is 0 Å². The van der Waals surface area contributed by atoms with Crippen molar-refractivity contribution in [2.75, 3.05) is 0 Å². The third kappa shape index (κ3) is 4.96. The quantitative estimate of drug-likeness (QED) is 0.243. The second-order valence-electron chi connectivity index (χ2n) is 7.46. The van der Waals surface area contributed by atoms with Gasteiger partial charge in [0.05, 0.1) is 18.7 Å². The van der Waals surface area contributed by atoms with E-state index >= 15 is 0 Å². The van der Waals surface area contributed by atoms with Crippen molar-refractivity contribution >= 4 is 42.4 Å². The Bertz CT molecular complexity index is 1080. The minimum absolute atomic E-state index is 0. The molecule has 4 N–H and O–H groups in total. The van der Waals surface area contributed by atoms with E-state index < -0.39 is 41.8 Å². The van der Waals surface area contributed by atoms with Gasteiger partial charge < -0.3 is 16.3 Å². The molecule has 1 aliphatic heterocycles. The Morgan fingerprint density at radius 1 is 1.18 bits per heavy atom. The molecule has 1 heterocycles. The molecule has 10 nitrogen and oxygen atoms in total. The van der Waals surface area contributed by atoms with E-state index in [0.29, 0.717) is 21.7 Å². The van der Waals surface area contributed by atoms with Gasteiger partial charge >= 0.3 is 12.0 Å². The Morgan fingerprint density at radius 3 is 2.30 bits per heavy atom. The number of hydrazone groups is 1. The summed E-state index contributed by atoms with van der Waals surface area (Å²) in [5.74, 6) is 2.61. The molecule has 0 radical (unpaired) electrons. The van der Waals surface area contributed by atoms with Crippen molar-refractivity contribution in [2.24, 2.45) is 10.9 Å². The number of nitrogens with zero attached hydrogens (tertiary/aromatic N) is 3. The fourth-order valence-electron chi connectivity index (χ4n) is 3.69. The zero-order valence-corrected chi connectivity index (χ0v) is 18.8. The molecule has 174 valence electrons. The first-order valence-corrected chi connectivity index (χ1v) is 9.76. The molecule has 2 atom stereocenters. The van der Waals surface area contributed by atoms with Crippen molar-refractivity contribution in [3.8, 4) is 0 Å². The van der Waals surface area contributed by atoms with Gasteiger partial charge in [-0.25, -0.2) is 9.80 Å². The van der Waals surface area contributed by atoms with Crippen LogP contribution in [0, 0.1) is 0 Å². The maximum Gasteiger partial charge on any atom is 0.344 e. The summed E-state index contributed by atoms with van der Waals surface area (Å²) >= 11 is 0. The first-order valence-electron chi connectivity index (χ1n) is 9.76. The lowest BCUT2D eigenvalue weighted by Crippen LogP contribution is -2.52. The molecule has 3 rings (SSSR count). The number of aliphatic carboxylic acids is 1. The predicted molar refractivity (Wildman–Crippen MR) is 122 cm³/mol. The first-order chi connectivity index (χ1) is 15.2. The minimum atomic E-state index is -1.46. The number of carboxylic acids is 1. The number of hydrazine groups is 1. The number of hydrogen-bond donors (Lipinski definition) is 3. The SMILES string of the molecule is CC(=O)N([C@H](CC(=O)O)c1ccccc1)N1C(=O)N[C@](C)(c2ccc(C=NN)cc2)C1=O.Cl. The van der Waals surface area contributed by atoms with Crippen LogP contribution in [0.5, 0.6) is 0 Å². The fourth-order valence-corrected chi connectivity index (χ4v) is 3.69. The van der Waals surface area contributed by atoms with E-state index in [1.165, 1.54) is 20.1 Å². The first kappa shape index (κ1) is 25.3. The summed E-state index contributed by atoms with van der Waals surface area (Å²) in [5, 5.41) is 17.1. The zero-order chi connectivity index (χ0) is 23.5. The Morgan fingerprint density at radius 2 is 1.79 bits per heavy atom. The number of carbonyl (C=O) groups is 4. The van der Waals surface area contributed by atoms with E-state index in [1.54, 1.807) is 54.6 Å². The number of nitrogens with two attached hydrogens (primary N) is 1. The van der Waals surface area contributed by atoms with Gasteiger partial charge in [-0.15, -0.1) is 12.4 Å². The number of rotatable bonds is 7. The van der Waals surface area contributed by atoms with Gasteiger partial charge in [0.15, 0.2) is 0 Å². The maximum atomic E-state index is 13.5. The lowest BCUT2D eigenvalue weighted by Gasteiger charge is -2.35. The molecule has 0 spiro atoms. The van der Waals surface area contributed by atoms with E-state index in [9.17, 15) is 24.3 Å². The molecule has 0 bridgehead atoms. The van der Waals surface area contributed by atoms with Crippen LogP contribution in [0.4, 0.5) is 4.79 Å². The Labute approximate surface area is 196 Å². The molecule has 4 amide bonds. The van der Waals surface area contributed by atoms with Crippen molar-refractivity contribution in [3.63, 3.8) is 0 Å². The Kier molecular flexibility index (Phi) is 7.78. The fraction of sp³-hybridized carbons (Fsp3) is 0.227. The standard InChI is InChI=1S/C22H23N5O5.ClH/c1-14(28)26(18(12-19(29)30)16-6-4-3-5-7-16)27-20(31)22(2,25-21(27)32)17-10-8-15(9-11-17)13-24-23;/h3-11,13,18H,12,23H2,1-2H3,(H,25,32)(H,29,30);1H/t18-,22-;/m1./s1. The molecule has 0 aliphatic carbocycles. The summed E-state index contributed by atoms with van der Waals surface area (Å²) in [6.45, 7) is 2.70. The van der Waals surface area contributed by atoms with Crippen LogP contribution < -0.4 is 11.2 Å². The zero-order valence-electron chi connectivity index (χ0n) is 18.0. The van der Waals surface area contributed by atoms with E-state index in [2.05, 4.69) is 10.4 Å². The van der Waals surface area contributed by atoms with Crippen molar-refractivity contribution in [1.82, 2.24) is 15.3 Å². The number of benzene rings is 2. The largest absolute Gasteiger partial charge is 0.481 e. The molecule has 0 unspecified atom stereocenters. The van der Waals surface area contributed by atoms with E-state index in [4.69, 9.17) is 5.84 Å². The summed E-state index contributed by atoms with van der Waals surface area (Å²) in [4.78, 5) is 50.6. The molecule has 11 heteroatoms. The van der Waals surface area contributed by atoms with Crippen LogP contribution in [0.15, 0.2) is 59.7 Å². The predicted octanol–water partition coefficient (Wildman–Crippen LogP) is 2.15. The highest BCUT2D eigenvalue weighted by molar-refractivity contribution is 6.08. The summed E-state index contributed by atoms with van der Waals surface area (Å²) in [5.41, 5.74) is 0.188. The minimum Gasteiger partial charge on any atom is -0.481 e. The van der Waals surface area contributed by atoms with E-state index in [0.717, 1.165) is 5.01 Å². The smallest absolute Gasteiger partial charge is 0.344 e. The topological polar surface area (TPSA) is 145 Å². The van der Waals surface area contributed by atoms with Crippen molar-refractivity contribution in [1.29, 1.82) is 0 Å². The van der Waals surface area contributed by atoms with Gasteiger partial charge in [-0.3, -0.25) is 14.4 Å². The molecule has 2 aromatic rings. The molecular formula is C22H24ClN5O5. The average molecular weight is 474 g/mol.